The molecule has 0 aliphatic carbocycles. The number of benzene rings is 1. The zero-order chi connectivity index (χ0) is 18.0. The van der Waals surface area contributed by atoms with Crippen molar-refractivity contribution in [3.8, 4) is 11.5 Å². The monoisotopic (exact) mass is 365 g/mol. The van der Waals surface area contributed by atoms with Crippen molar-refractivity contribution in [2.75, 3.05) is 13.7 Å². The Morgan fingerprint density at radius 2 is 2.28 bits per heavy atom. The van der Waals surface area contributed by atoms with Crippen molar-refractivity contribution in [3.05, 3.63) is 40.4 Å². The van der Waals surface area contributed by atoms with E-state index in [1.807, 2.05) is 17.9 Å². The van der Waals surface area contributed by atoms with Crippen LogP contribution in [0.25, 0.3) is 0 Å². The molecule has 2 aromatic rings. The Morgan fingerprint density at radius 3 is 2.96 bits per heavy atom. The van der Waals surface area contributed by atoms with Crippen LogP contribution in [0.4, 0.5) is 0 Å². The number of imidazole rings is 1. The lowest BCUT2D eigenvalue weighted by Crippen LogP contribution is -2.45. The Balaban J connectivity index is 1.90. The van der Waals surface area contributed by atoms with Gasteiger partial charge in [0.1, 0.15) is 6.04 Å². The summed E-state index contributed by atoms with van der Waals surface area (Å²) in [5.74, 6) is 0.277. The number of hydrogen-bond acceptors (Lipinski definition) is 5. The lowest BCUT2D eigenvalue weighted by Gasteiger charge is -2.32. The summed E-state index contributed by atoms with van der Waals surface area (Å²) in [5, 5.41) is 10.1. The van der Waals surface area contributed by atoms with Crippen LogP contribution in [0.15, 0.2) is 18.5 Å². The standard InChI is InChI=1S/C17H20ClN3O4/c1-3-25-16-4-10(11(18)5-15(16)24-2)7-21-8-13-12(19-9-20-13)6-14(21)17(22)23/h4-5,9,14H,3,6-8H2,1-2H3,(H,19,20)(H,22,23). The molecule has 1 aliphatic rings. The second-order valence-corrected chi connectivity index (χ2v) is 6.23. The number of H-pyrrole nitrogens is 1. The minimum absolute atomic E-state index is 0.361. The number of carboxylic acids is 1. The molecule has 1 aliphatic heterocycles. The predicted octanol–water partition coefficient (Wildman–Crippen LogP) is 2.48. The van der Waals surface area contributed by atoms with Gasteiger partial charge in [-0.3, -0.25) is 9.69 Å². The van der Waals surface area contributed by atoms with Gasteiger partial charge >= 0.3 is 5.97 Å². The topological polar surface area (TPSA) is 87.7 Å². The van der Waals surface area contributed by atoms with Crippen molar-refractivity contribution >= 4 is 17.6 Å². The largest absolute Gasteiger partial charge is 0.493 e. The third-order valence-corrected chi connectivity index (χ3v) is 4.64. The van der Waals surface area contributed by atoms with Crippen molar-refractivity contribution < 1.29 is 19.4 Å². The molecule has 0 fully saturated rings. The number of rotatable bonds is 6. The van der Waals surface area contributed by atoms with E-state index in [-0.39, 0.29) is 0 Å². The Bertz CT molecular complexity index is 777. The van der Waals surface area contributed by atoms with Gasteiger partial charge in [0, 0.05) is 30.6 Å². The molecule has 0 saturated heterocycles. The van der Waals surface area contributed by atoms with Crippen molar-refractivity contribution in [1.29, 1.82) is 0 Å². The van der Waals surface area contributed by atoms with E-state index in [0.717, 1.165) is 17.0 Å². The van der Waals surface area contributed by atoms with Gasteiger partial charge < -0.3 is 19.6 Å². The second-order valence-electron chi connectivity index (χ2n) is 5.82. The summed E-state index contributed by atoms with van der Waals surface area (Å²) >= 11 is 6.38. The minimum Gasteiger partial charge on any atom is -0.493 e. The first-order valence-corrected chi connectivity index (χ1v) is 8.38. The molecule has 8 heteroatoms. The van der Waals surface area contributed by atoms with Crippen molar-refractivity contribution in [1.82, 2.24) is 14.9 Å². The van der Waals surface area contributed by atoms with Crippen LogP contribution in [0.2, 0.25) is 5.02 Å². The fourth-order valence-corrected chi connectivity index (χ4v) is 3.26. The van der Waals surface area contributed by atoms with Gasteiger partial charge in [0.25, 0.3) is 0 Å². The van der Waals surface area contributed by atoms with Gasteiger partial charge in [0.05, 0.1) is 31.4 Å². The average molecular weight is 366 g/mol. The van der Waals surface area contributed by atoms with Crippen LogP contribution in [-0.2, 0) is 24.3 Å². The van der Waals surface area contributed by atoms with Crippen LogP contribution in [0.3, 0.4) is 0 Å². The van der Waals surface area contributed by atoms with Crippen LogP contribution in [-0.4, -0.2) is 45.7 Å². The van der Waals surface area contributed by atoms with E-state index in [0.29, 0.717) is 42.6 Å². The molecular weight excluding hydrogens is 346 g/mol. The van der Waals surface area contributed by atoms with Gasteiger partial charge in [-0.25, -0.2) is 4.98 Å². The Labute approximate surface area is 150 Å². The number of nitrogens with zero attached hydrogens (tertiary/aromatic N) is 2. The number of aromatic amines is 1. The first-order valence-electron chi connectivity index (χ1n) is 8.00. The molecule has 0 radical (unpaired) electrons. The molecule has 1 aromatic carbocycles. The number of carbonyl (C=O) groups is 1. The third kappa shape index (κ3) is 3.57. The van der Waals surface area contributed by atoms with Gasteiger partial charge in [-0.1, -0.05) is 11.6 Å². The maximum atomic E-state index is 11.7. The lowest BCUT2D eigenvalue weighted by atomic mass is 10.0. The van der Waals surface area contributed by atoms with E-state index < -0.39 is 12.0 Å². The Hall–Kier alpha value is -2.25. The smallest absolute Gasteiger partial charge is 0.321 e. The fraction of sp³-hybridized carbons (Fsp3) is 0.412. The van der Waals surface area contributed by atoms with Gasteiger partial charge in [-0.15, -0.1) is 0 Å². The summed E-state index contributed by atoms with van der Waals surface area (Å²) in [5.41, 5.74) is 2.53. The van der Waals surface area contributed by atoms with E-state index in [2.05, 4.69) is 9.97 Å². The quantitative estimate of drug-likeness (QED) is 0.817. The zero-order valence-corrected chi connectivity index (χ0v) is 14.8. The average Bonchev–Trinajstić information content (AvgIpc) is 3.04. The van der Waals surface area contributed by atoms with Crippen LogP contribution in [0.5, 0.6) is 11.5 Å². The first kappa shape index (κ1) is 17.6. The highest BCUT2D eigenvalue weighted by Crippen LogP contribution is 2.35. The van der Waals surface area contributed by atoms with E-state index >= 15 is 0 Å². The van der Waals surface area contributed by atoms with E-state index in [9.17, 15) is 9.90 Å². The molecule has 0 spiro atoms. The van der Waals surface area contributed by atoms with Gasteiger partial charge in [0.15, 0.2) is 11.5 Å². The summed E-state index contributed by atoms with van der Waals surface area (Å²) in [6, 6.07) is 2.86. The molecule has 1 atom stereocenters. The van der Waals surface area contributed by atoms with Gasteiger partial charge in [0.2, 0.25) is 0 Å². The summed E-state index contributed by atoms with van der Waals surface area (Å²) in [7, 11) is 1.55. The Morgan fingerprint density at radius 1 is 1.48 bits per heavy atom. The number of hydrogen-bond donors (Lipinski definition) is 2. The Kier molecular flexibility index (Phi) is 5.15. The van der Waals surface area contributed by atoms with Crippen molar-refractivity contribution in [2.24, 2.45) is 0 Å². The molecule has 7 nitrogen and oxygen atoms in total. The van der Waals surface area contributed by atoms with Gasteiger partial charge in [-0.05, 0) is 18.6 Å². The lowest BCUT2D eigenvalue weighted by molar-refractivity contribution is -0.144. The second kappa shape index (κ2) is 7.33. The number of carboxylic acid groups (broad SMARTS) is 1. The third-order valence-electron chi connectivity index (χ3n) is 4.29. The molecule has 3 rings (SSSR count). The molecule has 1 aromatic heterocycles. The molecule has 2 N–H and O–H groups in total. The van der Waals surface area contributed by atoms with Crippen LogP contribution < -0.4 is 9.47 Å². The summed E-state index contributed by atoms with van der Waals surface area (Å²) in [6.07, 6.45) is 1.96. The first-order chi connectivity index (χ1) is 12.0. The molecule has 2 heterocycles. The van der Waals surface area contributed by atoms with Crippen LogP contribution >= 0.6 is 11.6 Å². The number of aromatic nitrogens is 2. The van der Waals surface area contributed by atoms with Crippen molar-refractivity contribution in [3.63, 3.8) is 0 Å². The summed E-state index contributed by atoms with van der Waals surface area (Å²) < 4.78 is 10.9. The minimum atomic E-state index is -0.872. The summed E-state index contributed by atoms with van der Waals surface area (Å²) in [4.78, 5) is 20.8. The van der Waals surface area contributed by atoms with Gasteiger partial charge in [-0.2, -0.15) is 0 Å². The summed E-state index contributed by atoms with van der Waals surface area (Å²) in [6.45, 7) is 3.24. The van der Waals surface area contributed by atoms with E-state index in [1.165, 1.54) is 0 Å². The predicted molar refractivity (Wildman–Crippen MR) is 92.1 cm³/mol. The fourth-order valence-electron chi connectivity index (χ4n) is 3.04. The number of halogens is 1. The molecule has 0 saturated carbocycles. The molecule has 134 valence electrons. The molecular formula is C17H20ClN3O4. The molecule has 25 heavy (non-hydrogen) atoms. The molecule has 0 amide bonds. The number of methoxy groups -OCH3 is 1. The van der Waals surface area contributed by atoms with Crippen LogP contribution in [0.1, 0.15) is 23.9 Å². The van der Waals surface area contributed by atoms with E-state index in [4.69, 9.17) is 21.1 Å². The SMILES string of the molecule is CCOc1cc(CN2Cc3[nH]cnc3CC2C(=O)O)c(Cl)cc1OC. The molecule has 0 bridgehead atoms. The van der Waals surface area contributed by atoms with Crippen molar-refractivity contribution in [2.45, 2.75) is 32.5 Å². The maximum absolute atomic E-state index is 11.7. The highest BCUT2D eigenvalue weighted by atomic mass is 35.5. The zero-order valence-electron chi connectivity index (χ0n) is 14.1. The maximum Gasteiger partial charge on any atom is 0.321 e. The number of nitrogens with one attached hydrogen (secondary N) is 1. The highest BCUT2D eigenvalue weighted by Gasteiger charge is 2.33. The highest BCUT2D eigenvalue weighted by molar-refractivity contribution is 6.31. The van der Waals surface area contributed by atoms with Crippen LogP contribution in [0, 0.1) is 0 Å². The number of fused-ring (bicyclic) bond motifs is 1. The van der Waals surface area contributed by atoms with E-state index in [1.54, 1.807) is 19.5 Å². The number of ether oxygens (including phenoxy) is 2. The molecule has 1 unspecified atom stereocenters. The normalized spacial score (nSPS) is 17.2. The number of aliphatic carboxylic acids is 1.